The Labute approximate surface area is 202 Å². The summed E-state index contributed by atoms with van der Waals surface area (Å²) >= 11 is 0. The quantitative estimate of drug-likeness (QED) is 0.312. The second-order valence-electron chi connectivity index (χ2n) is 11.1. The maximum absolute atomic E-state index is 14.2. The van der Waals surface area contributed by atoms with Crippen molar-refractivity contribution in [2.45, 2.75) is 83.2 Å². The number of hydrogen-bond donors (Lipinski definition) is 1. The Balaban J connectivity index is 2.13. The maximum atomic E-state index is 14.2. The van der Waals surface area contributed by atoms with Crippen LogP contribution >= 0.6 is 0 Å². The molecular formula is C26H40N2O6. The zero-order valence-corrected chi connectivity index (χ0v) is 21.4. The highest BCUT2D eigenvalue weighted by molar-refractivity contribution is 5.99. The van der Waals surface area contributed by atoms with Crippen molar-refractivity contribution in [2.75, 3.05) is 19.8 Å². The van der Waals surface area contributed by atoms with E-state index in [0.717, 1.165) is 0 Å². The van der Waals surface area contributed by atoms with E-state index in [9.17, 15) is 19.5 Å². The van der Waals surface area contributed by atoms with Crippen molar-refractivity contribution in [2.24, 2.45) is 17.8 Å². The topological polar surface area (TPSA) is 96.4 Å². The van der Waals surface area contributed by atoms with E-state index in [1.165, 1.54) is 4.90 Å². The van der Waals surface area contributed by atoms with Gasteiger partial charge in [0.1, 0.15) is 17.6 Å². The van der Waals surface area contributed by atoms with Crippen LogP contribution in [0, 0.1) is 17.8 Å². The number of ether oxygens (including phenoxy) is 2. The summed E-state index contributed by atoms with van der Waals surface area (Å²) in [6.07, 6.45) is 4.29. The largest absolute Gasteiger partial charge is 0.465 e. The van der Waals surface area contributed by atoms with Crippen LogP contribution in [0.25, 0.3) is 0 Å². The summed E-state index contributed by atoms with van der Waals surface area (Å²) in [6.45, 7) is 19.0. The van der Waals surface area contributed by atoms with Gasteiger partial charge in [0.25, 0.3) is 0 Å². The van der Waals surface area contributed by atoms with E-state index in [4.69, 9.17) is 9.47 Å². The zero-order chi connectivity index (χ0) is 25.6. The number of likely N-dealkylation sites (tertiary alicyclic amines) is 1. The van der Waals surface area contributed by atoms with Gasteiger partial charge in [-0.3, -0.25) is 14.4 Å². The maximum Gasteiger partial charge on any atom is 0.312 e. The molecule has 2 amide bonds. The fraction of sp³-hybridized carbons (Fsp3) is 0.731. The molecule has 1 spiro atoms. The van der Waals surface area contributed by atoms with Gasteiger partial charge in [0.2, 0.25) is 11.8 Å². The first-order valence-electron chi connectivity index (χ1n) is 12.1. The molecule has 3 aliphatic rings. The third kappa shape index (κ3) is 3.79. The number of nitrogens with zero attached hydrogens (tertiary/aromatic N) is 2. The number of carbonyl (C=O) groups is 3. The first-order chi connectivity index (χ1) is 15.8. The highest BCUT2D eigenvalue weighted by atomic mass is 16.6. The molecule has 3 heterocycles. The number of rotatable bonds is 9. The number of aliphatic hydroxyl groups is 1. The second-order valence-corrected chi connectivity index (χ2v) is 11.1. The molecule has 0 aromatic rings. The molecule has 0 aromatic carbocycles. The molecule has 2 bridgehead atoms. The van der Waals surface area contributed by atoms with E-state index in [1.807, 2.05) is 34.6 Å². The van der Waals surface area contributed by atoms with Crippen LogP contribution in [0.5, 0.6) is 0 Å². The highest BCUT2D eigenvalue weighted by Gasteiger charge is 2.80. The molecule has 0 radical (unpaired) electrons. The molecule has 8 heteroatoms. The molecule has 3 rings (SSSR count). The van der Waals surface area contributed by atoms with Crippen LogP contribution in [0.15, 0.2) is 25.3 Å². The number of hydrogen-bond acceptors (Lipinski definition) is 6. The van der Waals surface area contributed by atoms with E-state index in [0.29, 0.717) is 19.4 Å². The fourth-order valence-electron chi connectivity index (χ4n) is 6.18. The average Bonchev–Trinajstić information content (AvgIpc) is 3.27. The van der Waals surface area contributed by atoms with Crippen molar-refractivity contribution in [1.29, 1.82) is 0 Å². The van der Waals surface area contributed by atoms with Crippen LogP contribution in [0.3, 0.4) is 0 Å². The third-order valence-corrected chi connectivity index (χ3v) is 7.93. The lowest BCUT2D eigenvalue weighted by atomic mass is 9.62. The van der Waals surface area contributed by atoms with Crippen molar-refractivity contribution in [3.8, 4) is 0 Å². The van der Waals surface area contributed by atoms with E-state index >= 15 is 0 Å². The molecule has 3 aliphatic heterocycles. The van der Waals surface area contributed by atoms with Gasteiger partial charge >= 0.3 is 5.97 Å². The molecule has 7 atom stereocenters. The highest BCUT2D eigenvalue weighted by Crippen LogP contribution is 2.65. The first-order valence-corrected chi connectivity index (χ1v) is 12.1. The molecule has 3 saturated heterocycles. The van der Waals surface area contributed by atoms with E-state index in [-0.39, 0.29) is 30.9 Å². The summed E-state index contributed by atoms with van der Waals surface area (Å²) in [5, 5.41) is 9.99. The van der Waals surface area contributed by atoms with Crippen molar-refractivity contribution in [3.05, 3.63) is 25.3 Å². The predicted molar refractivity (Wildman–Crippen MR) is 128 cm³/mol. The summed E-state index contributed by atoms with van der Waals surface area (Å²) in [4.78, 5) is 44.5. The summed E-state index contributed by atoms with van der Waals surface area (Å²) in [5.74, 6) is -2.84. The monoisotopic (exact) mass is 476 g/mol. The van der Waals surface area contributed by atoms with Gasteiger partial charge in [0.05, 0.1) is 30.8 Å². The zero-order valence-electron chi connectivity index (χ0n) is 21.4. The van der Waals surface area contributed by atoms with Gasteiger partial charge in [-0.15, -0.1) is 13.2 Å². The fourth-order valence-corrected chi connectivity index (χ4v) is 6.18. The lowest BCUT2D eigenvalue weighted by Crippen LogP contribution is -2.61. The molecule has 3 unspecified atom stereocenters. The Bertz CT molecular complexity index is 866. The summed E-state index contributed by atoms with van der Waals surface area (Å²) in [6, 6.07) is -1.57. The first kappa shape index (κ1) is 26.4. The molecule has 190 valence electrons. The minimum Gasteiger partial charge on any atom is -0.465 e. The van der Waals surface area contributed by atoms with Crippen LogP contribution < -0.4 is 0 Å². The molecular weight excluding hydrogens is 436 g/mol. The number of aliphatic hydroxyl groups excluding tert-OH is 1. The lowest BCUT2D eigenvalue weighted by molar-refractivity contribution is -0.164. The van der Waals surface area contributed by atoms with Crippen LogP contribution in [-0.2, 0) is 23.9 Å². The molecule has 0 aliphatic carbocycles. The number of amides is 2. The van der Waals surface area contributed by atoms with Gasteiger partial charge in [-0.1, -0.05) is 19.1 Å². The molecule has 0 aromatic heterocycles. The number of esters is 1. The van der Waals surface area contributed by atoms with Crippen molar-refractivity contribution >= 4 is 17.8 Å². The van der Waals surface area contributed by atoms with Crippen LogP contribution in [0.1, 0.15) is 54.4 Å². The Hall–Kier alpha value is -2.19. The van der Waals surface area contributed by atoms with Crippen LogP contribution in [0.2, 0.25) is 0 Å². The Morgan fingerprint density at radius 1 is 1.35 bits per heavy atom. The van der Waals surface area contributed by atoms with Gasteiger partial charge in [0, 0.05) is 12.1 Å². The lowest BCUT2D eigenvalue weighted by Gasteiger charge is -2.43. The van der Waals surface area contributed by atoms with E-state index in [2.05, 4.69) is 13.2 Å². The molecule has 8 nitrogen and oxygen atoms in total. The Morgan fingerprint density at radius 3 is 2.53 bits per heavy atom. The van der Waals surface area contributed by atoms with Gasteiger partial charge in [-0.2, -0.15) is 0 Å². The van der Waals surface area contributed by atoms with E-state index in [1.54, 1.807) is 24.0 Å². The van der Waals surface area contributed by atoms with Gasteiger partial charge in [0.15, 0.2) is 0 Å². The number of fused-ring (bicyclic) bond motifs is 1. The Morgan fingerprint density at radius 2 is 2.00 bits per heavy atom. The van der Waals surface area contributed by atoms with Gasteiger partial charge in [-0.25, -0.2) is 0 Å². The molecule has 3 fully saturated rings. The normalized spacial score (nSPS) is 35.1. The molecule has 0 saturated carbocycles. The van der Waals surface area contributed by atoms with Crippen molar-refractivity contribution in [1.82, 2.24) is 9.80 Å². The Kier molecular flexibility index (Phi) is 7.08. The SMILES string of the molecule is C=CCCOC(=O)[C@H]1[C@H]2C(=O)N([C@H](C)CO)C(C(=O)N(CC=C)C(C)(C)C)C23CC(C)[C@]1(C)O3. The standard InChI is InChI=1S/C26H40N2O6/c1-9-11-13-33-23(32)19-18-21(30)28(17(4)15-29)20(22(31)27(12-10-2)24(5,6)7)26(18)14-16(3)25(19,8)34-26/h9-10,16-20,29H,1-2,11-15H2,3-8H3/t16?,17-,18+,19-,20?,25+,26?/m1/s1. The minimum absolute atomic E-state index is 0.0734. The molecule has 34 heavy (non-hydrogen) atoms. The van der Waals surface area contributed by atoms with Crippen molar-refractivity contribution in [3.63, 3.8) is 0 Å². The summed E-state index contributed by atoms with van der Waals surface area (Å²) in [7, 11) is 0. The van der Waals surface area contributed by atoms with Gasteiger partial charge < -0.3 is 24.4 Å². The smallest absolute Gasteiger partial charge is 0.312 e. The minimum atomic E-state index is -1.17. The third-order valence-electron chi connectivity index (χ3n) is 7.93. The predicted octanol–water partition coefficient (Wildman–Crippen LogP) is 2.31. The van der Waals surface area contributed by atoms with Crippen LogP contribution in [-0.4, -0.2) is 81.3 Å². The summed E-state index contributed by atoms with van der Waals surface area (Å²) in [5.41, 5.74) is -2.63. The number of carbonyl (C=O) groups excluding carboxylic acids is 3. The van der Waals surface area contributed by atoms with Gasteiger partial charge in [-0.05, 0) is 53.4 Å². The second kappa shape index (κ2) is 9.11. The van der Waals surface area contributed by atoms with E-state index < -0.39 is 46.6 Å². The average molecular weight is 477 g/mol. The van der Waals surface area contributed by atoms with Crippen molar-refractivity contribution < 1.29 is 29.0 Å². The molecule has 1 N–H and O–H groups in total. The van der Waals surface area contributed by atoms with Crippen LogP contribution in [0.4, 0.5) is 0 Å². The summed E-state index contributed by atoms with van der Waals surface area (Å²) < 4.78 is 12.2.